The summed E-state index contributed by atoms with van der Waals surface area (Å²) < 4.78 is 40.3. The van der Waals surface area contributed by atoms with Crippen LogP contribution in [0, 0.1) is 5.92 Å². The average Bonchev–Trinajstić information content (AvgIpc) is 3.04. The summed E-state index contributed by atoms with van der Waals surface area (Å²) in [5, 5.41) is 0. The highest BCUT2D eigenvalue weighted by Crippen LogP contribution is 2.44. The monoisotopic (exact) mass is 475 g/mol. The van der Waals surface area contributed by atoms with Gasteiger partial charge in [-0.05, 0) is 77.6 Å². The third-order valence-corrected chi connectivity index (χ3v) is 7.40. The van der Waals surface area contributed by atoms with Gasteiger partial charge in [-0.2, -0.15) is 13.2 Å². The molecule has 1 fully saturated rings. The van der Waals surface area contributed by atoms with E-state index in [9.17, 15) is 18.0 Å². The molecule has 1 heterocycles. The fraction of sp³-hybridized carbons (Fsp3) is 0.300. The molecule has 1 amide bonds. The smallest absolute Gasteiger partial charge is 0.339 e. The van der Waals surface area contributed by atoms with Crippen LogP contribution in [-0.2, 0) is 23.8 Å². The van der Waals surface area contributed by atoms with Crippen molar-refractivity contribution in [1.82, 2.24) is 4.90 Å². The van der Waals surface area contributed by atoms with Crippen molar-refractivity contribution in [2.45, 2.75) is 37.8 Å². The zero-order chi connectivity index (χ0) is 24.4. The maximum atomic E-state index is 13.4. The van der Waals surface area contributed by atoms with E-state index in [1.165, 1.54) is 23.3 Å². The van der Waals surface area contributed by atoms with E-state index in [0.29, 0.717) is 19.5 Å². The normalized spacial score (nSPS) is 18.7. The number of benzene rings is 3. The first kappa shape index (κ1) is 23.4. The highest BCUT2D eigenvalue weighted by atomic mass is 19.4. The molecule has 180 valence electrons. The SMILES string of the molecule is O=C(/C=C/c1ccccc1)N1CCC(C2c3ccccc3CCc3cc(C(F)(F)F)ccc32)CC1. The van der Waals surface area contributed by atoms with Crippen LogP contribution < -0.4 is 0 Å². The van der Waals surface area contributed by atoms with Crippen molar-refractivity contribution in [3.05, 3.63) is 112 Å². The molecule has 0 N–H and O–H groups in total. The molecule has 1 aliphatic heterocycles. The van der Waals surface area contributed by atoms with Crippen LogP contribution in [0.25, 0.3) is 6.08 Å². The number of hydrogen-bond acceptors (Lipinski definition) is 1. The molecule has 0 saturated carbocycles. The number of piperidine rings is 1. The Bertz CT molecular complexity index is 1220. The number of amides is 1. The Hall–Kier alpha value is -3.34. The first-order valence-electron chi connectivity index (χ1n) is 12.2. The molecule has 3 aromatic rings. The lowest BCUT2D eigenvalue weighted by Gasteiger charge is -2.37. The van der Waals surface area contributed by atoms with Crippen LogP contribution in [0.4, 0.5) is 13.2 Å². The summed E-state index contributed by atoms with van der Waals surface area (Å²) in [6.07, 6.45) is 2.11. The van der Waals surface area contributed by atoms with E-state index in [-0.39, 0.29) is 17.7 Å². The van der Waals surface area contributed by atoms with Gasteiger partial charge in [-0.3, -0.25) is 4.79 Å². The molecule has 35 heavy (non-hydrogen) atoms. The van der Waals surface area contributed by atoms with Crippen molar-refractivity contribution >= 4 is 12.0 Å². The maximum Gasteiger partial charge on any atom is 0.416 e. The van der Waals surface area contributed by atoms with Crippen molar-refractivity contribution in [3.8, 4) is 0 Å². The van der Waals surface area contributed by atoms with E-state index in [4.69, 9.17) is 0 Å². The van der Waals surface area contributed by atoms with Gasteiger partial charge in [-0.25, -0.2) is 0 Å². The van der Waals surface area contributed by atoms with Crippen molar-refractivity contribution in [2.75, 3.05) is 13.1 Å². The van der Waals surface area contributed by atoms with Gasteiger partial charge < -0.3 is 4.90 Å². The standard InChI is InChI=1S/C30H28F3NO/c31-30(32,33)25-13-14-27-24(20-25)12-11-22-8-4-5-9-26(22)29(27)23-16-18-34(19-17-23)28(35)15-10-21-6-2-1-3-7-21/h1-10,13-15,20,23,29H,11-12,16-19H2/b15-10+. The number of alkyl halides is 3. The highest BCUT2D eigenvalue weighted by molar-refractivity contribution is 5.91. The molecule has 5 heteroatoms. The fourth-order valence-electron chi connectivity index (χ4n) is 5.60. The van der Waals surface area contributed by atoms with Crippen LogP contribution in [0.5, 0.6) is 0 Å². The summed E-state index contributed by atoms with van der Waals surface area (Å²) in [5.41, 5.74) is 4.65. The second-order valence-electron chi connectivity index (χ2n) is 9.49. The van der Waals surface area contributed by atoms with Crippen LogP contribution in [0.1, 0.15) is 52.1 Å². The molecule has 1 aliphatic carbocycles. The minimum absolute atomic E-state index is 0.00351. The molecule has 2 aliphatic rings. The molecule has 2 nitrogen and oxygen atoms in total. The Morgan fingerprint density at radius 2 is 1.49 bits per heavy atom. The lowest BCUT2D eigenvalue weighted by Crippen LogP contribution is -2.39. The third kappa shape index (κ3) is 5.04. The summed E-state index contributed by atoms with van der Waals surface area (Å²) in [6.45, 7) is 1.30. The number of carbonyl (C=O) groups excluding carboxylic acids is 1. The van der Waals surface area contributed by atoms with E-state index < -0.39 is 11.7 Å². The lowest BCUT2D eigenvalue weighted by molar-refractivity contribution is -0.137. The van der Waals surface area contributed by atoms with Crippen molar-refractivity contribution in [2.24, 2.45) is 5.92 Å². The van der Waals surface area contributed by atoms with Gasteiger partial charge in [0.2, 0.25) is 5.91 Å². The van der Waals surface area contributed by atoms with Gasteiger partial charge in [-0.1, -0.05) is 60.7 Å². The first-order chi connectivity index (χ1) is 16.9. The van der Waals surface area contributed by atoms with Crippen LogP contribution in [0.15, 0.2) is 78.9 Å². The van der Waals surface area contributed by atoms with E-state index in [0.717, 1.165) is 36.0 Å². The van der Waals surface area contributed by atoms with Gasteiger partial charge in [0.05, 0.1) is 5.56 Å². The molecule has 1 unspecified atom stereocenters. The van der Waals surface area contributed by atoms with Gasteiger partial charge in [-0.15, -0.1) is 0 Å². The molecule has 1 saturated heterocycles. The Balaban J connectivity index is 1.38. The minimum Gasteiger partial charge on any atom is -0.339 e. The second-order valence-corrected chi connectivity index (χ2v) is 9.49. The van der Waals surface area contributed by atoms with E-state index in [1.54, 1.807) is 12.1 Å². The fourth-order valence-corrected chi connectivity index (χ4v) is 5.60. The summed E-state index contributed by atoms with van der Waals surface area (Å²) in [7, 11) is 0. The summed E-state index contributed by atoms with van der Waals surface area (Å²) >= 11 is 0. The van der Waals surface area contributed by atoms with Crippen molar-refractivity contribution < 1.29 is 18.0 Å². The van der Waals surface area contributed by atoms with Crippen molar-refractivity contribution in [1.29, 1.82) is 0 Å². The van der Waals surface area contributed by atoms with E-state index >= 15 is 0 Å². The van der Waals surface area contributed by atoms with E-state index in [1.807, 2.05) is 53.4 Å². The lowest BCUT2D eigenvalue weighted by atomic mass is 9.74. The number of hydrogen-bond donors (Lipinski definition) is 0. The number of likely N-dealkylation sites (tertiary alicyclic amines) is 1. The Kier molecular flexibility index (Phi) is 6.50. The Morgan fingerprint density at radius 3 is 2.23 bits per heavy atom. The number of fused-ring (bicyclic) bond motifs is 2. The number of rotatable bonds is 3. The predicted octanol–water partition coefficient (Wildman–Crippen LogP) is 6.89. The molecular formula is C30H28F3NO. The van der Waals surface area contributed by atoms with Gasteiger partial charge in [0.15, 0.2) is 0 Å². The Labute approximate surface area is 204 Å². The second kappa shape index (κ2) is 9.73. The summed E-state index contributed by atoms with van der Waals surface area (Å²) in [4.78, 5) is 14.7. The third-order valence-electron chi connectivity index (χ3n) is 7.40. The number of nitrogens with zero attached hydrogens (tertiary/aromatic N) is 1. The first-order valence-corrected chi connectivity index (χ1v) is 12.2. The minimum atomic E-state index is -4.34. The topological polar surface area (TPSA) is 20.3 Å². The van der Waals surface area contributed by atoms with Gasteiger partial charge in [0.1, 0.15) is 0 Å². The quantitative estimate of drug-likeness (QED) is 0.378. The van der Waals surface area contributed by atoms with Crippen LogP contribution >= 0.6 is 0 Å². The van der Waals surface area contributed by atoms with Crippen molar-refractivity contribution in [3.63, 3.8) is 0 Å². The van der Waals surface area contributed by atoms with Crippen LogP contribution in [0.3, 0.4) is 0 Å². The zero-order valence-electron chi connectivity index (χ0n) is 19.5. The average molecular weight is 476 g/mol. The maximum absolute atomic E-state index is 13.4. The predicted molar refractivity (Wildman–Crippen MR) is 132 cm³/mol. The van der Waals surface area contributed by atoms with E-state index in [2.05, 4.69) is 12.1 Å². The Morgan fingerprint density at radius 1 is 0.829 bits per heavy atom. The number of carbonyl (C=O) groups is 1. The molecular weight excluding hydrogens is 447 g/mol. The zero-order valence-corrected chi connectivity index (χ0v) is 19.5. The van der Waals surface area contributed by atoms with Crippen LogP contribution in [-0.4, -0.2) is 23.9 Å². The molecule has 5 rings (SSSR count). The molecule has 3 aromatic carbocycles. The van der Waals surface area contributed by atoms with Gasteiger partial charge in [0, 0.05) is 25.1 Å². The summed E-state index contributed by atoms with van der Waals surface area (Å²) in [5.74, 6) is 0.318. The summed E-state index contributed by atoms with van der Waals surface area (Å²) in [6, 6.07) is 22.3. The van der Waals surface area contributed by atoms with Gasteiger partial charge in [0.25, 0.3) is 0 Å². The number of aryl methyl sites for hydroxylation is 2. The molecule has 0 radical (unpaired) electrons. The highest BCUT2D eigenvalue weighted by Gasteiger charge is 2.36. The largest absolute Gasteiger partial charge is 0.416 e. The molecule has 1 atom stereocenters. The molecule has 0 aromatic heterocycles. The van der Waals surface area contributed by atoms with Crippen LogP contribution in [0.2, 0.25) is 0 Å². The van der Waals surface area contributed by atoms with Gasteiger partial charge >= 0.3 is 6.18 Å². The molecule has 0 bridgehead atoms. The molecule has 0 spiro atoms. The number of halogens is 3.